The van der Waals surface area contributed by atoms with Crippen LogP contribution in [0.1, 0.15) is 15.9 Å². The maximum Gasteiger partial charge on any atom is 0.338 e. The first kappa shape index (κ1) is 13.5. The number of esters is 1. The molecule has 0 spiro atoms. The van der Waals surface area contributed by atoms with Crippen LogP contribution in [-0.2, 0) is 14.3 Å². The van der Waals surface area contributed by atoms with Crippen LogP contribution in [0.3, 0.4) is 0 Å². The first-order valence-electron chi connectivity index (χ1n) is 5.58. The van der Waals surface area contributed by atoms with E-state index in [4.69, 9.17) is 0 Å². The van der Waals surface area contributed by atoms with E-state index in [1.165, 1.54) is 19.3 Å². The molecule has 1 saturated heterocycles. The highest BCUT2D eigenvalue weighted by Crippen LogP contribution is 2.15. The lowest BCUT2D eigenvalue weighted by atomic mass is 10.0. The third kappa shape index (κ3) is 2.56. The van der Waals surface area contributed by atoms with Crippen molar-refractivity contribution in [2.24, 2.45) is 0 Å². The highest BCUT2D eigenvalue weighted by atomic mass is 16.5. The summed E-state index contributed by atoms with van der Waals surface area (Å²) in [6.45, 7) is 0. The SMILES string of the molecule is COC(=O)c1ccccc1C=C1C(=O)NC(=O)NC1=O. The Kier molecular flexibility index (Phi) is 3.60. The lowest BCUT2D eigenvalue weighted by Gasteiger charge is -2.14. The zero-order chi connectivity index (χ0) is 14.7. The fraction of sp³-hybridized carbons (Fsp3) is 0.0769. The number of carbonyl (C=O) groups is 4. The van der Waals surface area contributed by atoms with Crippen molar-refractivity contribution < 1.29 is 23.9 Å². The van der Waals surface area contributed by atoms with Gasteiger partial charge in [0, 0.05) is 0 Å². The molecule has 0 radical (unpaired) electrons. The lowest BCUT2D eigenvalue weighted by molar-refractivity contribution is -0.123. The monoisotopic (exact) mass is 274 g/mol. The Morgan fingerprint density at radius 1 is 1.10 bits per heavy atom. The third-order valence-corrected chi connectivity index (χ3v) is 2.61. The maximum atomic E-state index is 11.6. The van der Waals surface area contributed by atoms with Gasteiger partial charge in [-0.15, -0.1) is 0 Å². The summed E-state index contributed by atoms with van der Waals surface area (Å²) in [5, 5.41) is 3.90. The molecule has 0 bridgehead atoms. The number of imide groups is 2. The molecule has 0 aromatic heterocycles. The number of hydrogen-bond donors (Lipinski definition) is 2. The fourth-order valence-electron chi connectivity index (χ4n) is 1.68. The van der Waals surface area contributed by atoms with E-state index in [0.29, 0.717) is 5.56 Å². The van der Waals surface area contributed by atoms with E-state index in [1.54, 1.807) is 18.2 Å². The highest BCUT2D eigenvalue weighted by molar-refractivity contribution is 6.31. The number of rotatable bonds is 2. The summed E-state index contributed by atoms with van der Waals surface area (Å²) in [6.07, 6.45) is 1.23. The van der Waals surface area contributed by atoms with Crippen LogP contribution < -0.4 is 10.6 Å². The minimum absolute atomic E-state index is 0.208. The van der Waals surface area contributed by atoms with Crippen LogP contribution in [0.2, 0.25) is 0 Å². The van der Waals surface area contributed by atoms with E-state index in [-0.39, 0.29) is 11.1 Å². The van der Waals surface area contributed by atoms with Gasteiger partial charge in [-0.3, -0.25) is 20.2 Å². The number of methoxy groups -OCH3 is 1. The summed E-state index contributed by atoms with van der Waals surface area (Å²) in [4.78, 5) is 45.7. The zero-order valence-electron chi connectivity index (χ0n) is 10.4. The molecule has 0 unspecified atom stereocenters. The Labute approximate surface area is 113 Å². The van der Waals surface area contributed by atoms with Gasteiger partial charge >= 0.3 is 12.0 Å². The summed E-state index contributed by atoms with van der Waals surface area (Å²) >= 11 is 0. The summed E-state index contributed by atoms with van der Waals surface area (Å²) in [5.41, 5.74) is 0.287. The third-order valence-electron chi connectivity index (χ3n) is 2.61. The average Bonchev–Trinajstić information content (AvgIpc) is 2.42. The van der Waals surface area contributed by atoms with Gasteiger partial charge < -0.3 is 4.74 Å². The Balaban J connectivity index is 2.45. The summed E-state index contributed by atoms with van der Waals surface area (Å²) in [7, 11) is 1.23. The van der Waals surface area contributed by atoms with Crippen LogP contribution in [0.25, 0.3) is 6.08 Å². The predicted molar refractivity (Wildman–Crippen MR) is 67.4 cm³/mol. The molecule has 1 aliphatic rings. The number of hydrogen-bond acceptors (Lipinski definition) is 5. The van der Waals surface area contributed by atoms with Crippen molar-refractivity contribution in [1.29, 1.82) is 0 Å². The van der Waals surface area contributed by atoms with Crippen molar-refractivity contribution in [2.75, 3.05) is 7.11 Å². The van der Waals surface area contributed by atoms with Gasteiger partial charge in [-0.25, -0.2) is 9.59 Å². The Hall–Kier alpha value is -2.96. The van der Waals surface area contributed by atoms with Crippen LogP contribution in [0.15, 0.2) is 29.8 Å². The van der Waals surface area contributed by atoms with Crippen LogP contribution in [0.4, 0.5) is 4.79 Å². The summed E-state index contributed by atoms with van der Waals surface area (Å²) < 4.78 is 4.61. The summed E-state index contributed by atoms with van der Waals surface area (Å²) in [5.74, 6) is -2.23. The largest absolute Gasteiger partial charge is 0.465 e. The topological polar surface area (TPSA) is 102 Å². The van der Waals surface area contributed by atoms with Crippen LogP contribution in [-0.4, -0.2) is 30.9 Å². The second-order valence-electron chi connectivity index (χ2n) is 3.87. The number of ether oxygens (including phenoxy) is 1. The molecule has 2 rings (SSSR count). The molecule has 1 aromatic rings. The van der Waals surface area contributed by atoms with Gasteiger partial charge in [0.2, 0.25) is 0 Å². The normalized spacial score (nSPS) is 14.4. The van der Waals surface area contributed by atoms with Crippen molar-refractivity contribution >= 4 is 29.9 Å². The van der Waals surface area contributed by atoms with E-state index < -0.39 is 23.8 Å². The molecule has 0 aliphatic carbocycles. The quantitative estimate of drug-likeness (QED) is 0.456. The first-order chi connectivity index (χ1) is 9.52. The van der Waals surface area contributed by atoms with Gasteiger partial charge in [0.25, 0.3) is 11.8 Å². The van der Waals surface area contributed by atoms with E-state index in [2.05, 4.69) is 4.74 Å². The minimum atomic E-state index is -0.876. The number of urea groups is 1. The van der Waals surface area contributed by atoms with Crippen LogP contribution in [0.5, 0.6) is 0 Å². The van der Waals surface area contributed by atoms with E-state index in [1.807, 2.05) is 10.6 Å². The predicted octanol–water partition coefficient (Wildman–Crippen LogP) is 0.223. The number of carbonyl (C=O) groups excluding carboxylic acids is 4. The molecule has 7 nitrogen and oxygen atoms in total. The Morgan fingerprint density at radius 2 is 1.70 bits per heavy atom. The second-order valence-corrected chi connectivity index (χ2v) is 3.87. The van der Waals surface area contributed by atoms with Gasteiger partial charge in [0.15, 0.2) is 0 Å². The molecule has 1 aliphatic heterocycles. The molecular formula is C13H10N2O5. The van der Waals surface area contributed by atoms with Gasteiger partial charge in [-0.1, -0.05) is 18.2 Å². The van der Waals surface area contributed by atoms with Gasteiger partial charge in [-0.05, 0) is 17.7 Å². The van der Waals surface area contributed by atoms with E-state index in [9.17, 15) is 19.2 Å². The van der Waals surface area contributed by atoms with Crippen molar-refractivity contribution in [3.63, 3.8) is 0 Å². The molecule has 1 aromatic carbocycles. The molecule has 4 amide bonds. The van der Waals surface area contributed by atoms with Crippen molar-refractivity contribution in [3.8, 4) is 0 Å². The van der Waals surface area contributed by atoms with Gasteiger partial charge in [-0.2, -0.15) is 0 Å². The molecular weight excluding hydrogens is 264 g/mol. The van der Waals surface area contributed by atoms with E-state index >= 15 is 0 Å². The molecule has 7 heteroatoms. The molecule has 0 atom stereocenters. The Bertz CT molecular complexity index is 626. The molecule has 1 heterocycles. The van der Waals surface area contributed by atoms with Gasteiger partial charge in [0.1, 0.15) is 5.57 Å². The van der Waals surface area contributed by atoms with Gasteiger partial charge in [0.05, 0.1) is 12.7 Å². The zero-order valence-corrected chi connectivity index (χ0v) is 10.4. The first-order valence-corrected chi connectivity index (χ1v) is 5.58. The lowest BCUT2D eigenvalue weighted by Crippen LogP contribution is -2.51. The molecule has 1 fully saturated rings. The van der Waals surface area contributed by atoms with Crippen LogP contribution in [0, 0.1) is 0 Å². The minimum Gasteiger partial charge on any atom is -0.465 e. The number of barbiturate groups is 1. The Morgan fingerprint density at radius 3 is 2.30 bits per heavy atom. The maximum absolute atomic E-state index is 11.6. The molecule has 20 heavy (non-hydrogen) atoms. The number of amides is 4. The van der Waals surface area contributed by atoms with Crippen molar-refractivity contribution in [2.45, 2.75) is 0 Å². The molecule has 0 saturated carbocycles. The van der Waals surface area contributed by atoms with Crippen LogP contribution >= 0.6 is 0 Å². The number of benzene rings is 1. The fourth-order valence-corrected chi connectivity index (χ4v) is 1.68. The van der Waals surface area contributed by atoms with E-state index in [0.717, 1.165) is 0 Å². The smallest absolute Gasteiger partial charge is 0.338 e. The van der Waals surface area contributed by atoms with Crippen molar-refractivity contribution in [3.05, 3.63) is 41.0 Å². The van der Waals surface area contributed by atoms with Crippen molar-refractivity contribution in [1.82, 2.24) is 10.6 Å². The molecule has 102 valence electrons. The standard InChI is InChI=1S/C13H10N2O5/c1-20-12(18)8-5-3-2-4-7(8)6-9-10(16)14-13(19)15-11(9)17/h2-6H,1H3,(H2,14,15,16,17,19). The number of nitrogens with one attached hydrogen (secondary N) is 2. The molecule has 2 N–H and O–H groups in total. The second kappa shape index (κ2) is 5.35. The average molecular weight is 274 g/mol. The summed E-state index contributed by atoms with van der Waals surface area (Å²) in [6, 6.07) is 5.44. The highest BCUT2D eigenvalue weighted by Gasteiger charge is 2.28.